The number of nitrogens with zero attached hydrogens (tertiary/aromatic N) is 5. The van der Waals surface area contributed by atoms with E-state index >= 15 is 0 Å². The number of carboxylic acids is 1. The predicted octanol–water partition coefficient (Wildman–Crippen LogP) is 1.22. The highest BCUT2D eigenvalue weighted by Gasteiger charge is 2.28. The van der Waals surface area contributed by atoms with Gasteiger partial charge in [0.05, 0.1) is 16.2 Å². The largest absolute Gasteiger partial charge is 0.481 e. The number of amides is 1. The first kappa shape index (κ1) is 27.4. The molecule has 14 nitrogen and oxygen atoms in total. The summed E-state index contributed by atoms with van der Waals surface area (Å²) < 4.78 is 27.5. The van der Waals surface area contributed by atoms with Gasteiger partial charge in [0.25, 0.3) is 11.6 Å². The minimum absolute atomic E-state index is 0.135. The van der Waals surface area contributed by atoms with Crippen LogP contribution in [0.15, 0.2) is 71.9 Å². The predicted molar refractivity (Wildman–Crippen MR) is 140 cm³/mol. The van der Waals surface area contributed by atoms with Crippen molar-refractivity contribution in [2.75, 3.05) is 36.0 Å². The van der Waals surface area contributed by atoms with Gasteiger partial charge in [-0.2, -0.15) is 4.72 Å². The van der Waals surface area contributed by atoms with Gasteiger partial charge in [0.2, 0.25) is 16.0 Å². The summed E-state index contributed by atoms with van der Waals surface area (Å²) in [6.07, 6.45) is 0.942. The van der Waals surface area contributed by atoms with Crippen LogP contribution < -0.4 is 19.8 Å². The molecule has 15 heteroatoms. The highest BCUT2D eigenvalue weighted by molar-refractivity contribution is 7.89. The number of nitro groups is 1. The molecule has 2 heterocycles. The summed E-state index contributed by atoms with van der Waals surface area (Å²) in [5, 5.41) is 23.4. The van der Waals surface area contributed by atoms with Gasteiger partial charge in [-0.05, 0) is 30.3 Å². The molecule has 1 aromatic heterocycles. The van der Waals surface area contributed by atoms with Gasteiger partial charge in [-0.15, -0.1) is 0 Å². The Labute approximate surface area is 223 Å². The molecule has 39 heavy (non-hydrogen) atoms. The summed E-state index contributed by atoms with van der Waals surface area (Å²) in [4.78, 5) is 47.7. The number of sulfonamides is 1. The first-order valence-corrected chi connectivity index (χ1v) is 13.3. The maximum Gasteiger partial charge on any atom is 0.306 e. The van der Waals surface area contributed by atoms with E-state index in [1.54, 1.807) is 30.6 Å². The lowest BCUT2D eigenvalue weighted by Crippen LogP contribution is -2.49. The zero-order valence-corrected chi connectivity index (χ0v) is 21.3. The highest BCUT2D eigenvalue weighted by Crippen LogP contribution is 2.27. The Hall–Kier alpha value is -4.63. The number of hydrogen-bond donors (Lipinski definition) is 3. The van der Waals surface area contributed by atoms with Crippen molar-refractivity contribution in [1.29, 1.82) is 0 Å². The molecule has 1 fully saturated rings. The average Bonchev–Trinajstić information content (AvgIpc) is 2.93. The van der Waals surface area contributed by atoms with Crippen molar-refractivity contribution in [3.63, 3.8) is 0 Å². The Kier molecular flexibility index (Phi) is 8.31. The van der Waals surface area contributed by atoms with Crippen molar-refractivity contribution in [2.24, 2.45) is 0 Å². The van der Waals surface area contributed by atoms with Gasteiger partial charge in [-0.1, -0.05) is 18.2 Å². The number of carbonyl (C=O) groups is 2. The first-order chi connectivity index (χ1) is 18.6. The Morgan fingerprint density at radius 2 is 1.64 bits per heavy atom. The van der Waals surface area contributed by atoms with Crippen LogP contribution in [-0.4, -0.2) is 72.6 Å². The van der Waals surface area contributed by atoms with Gasteiger partial charge in [-0.25, -0.2) is 18.4 Å². The summed E-state index contributed by atoms with van der Waals surface area (Å²) in [5.74, 6) is -1.80. The molecule has 3 N–H and O–H groups in total. The summed E-state index contributed by atoms with van der Waals surface area (Å²) >= 11 is 0. The first-order valence-electron chi connectivity index (χ1n) is 11.8. The molecule has 1 unspecified atom stereocenters. The summed E-state index contributed by atoms with van der Waals surface area (Å²) in [7, 11) is -4.19. The van der Waals surface area contributed by atoms with E-state index in [1.807, 2.05) is 9.80 Å². The zero-order chi connectivity index (χ0) is 28.0. The molecule has 1 atom stereocenters. The van der Waals surface area contributed by atoms with Gasteiger partial charge in [0, 0.05) is 50.3 Å². The van der Waals surface area contributed by atoms with Crippen LogP contribution in [0.1, 0.15) is 16.8 Å². The van der Waals surface area contributed by atoms with Gasteiger partial charge >= 0.3 is 5.97 Å². The van der Waals surface area contributed by atoms with Gasteiger partial charge in [0.15, 0.2) is 0 Å². The van der Waals surface area contributed by atoms with Crippen LogP contribution in [-0.2, 0) is 14.8 Å². The normalized spacial score (nSPS) is 14.5. The van der Waals surface area contributed by atoms with Crippen molar-refractivity contribution in [1.82, 2.24) is 20.0 Å². The van der Waals surface area contributed by atoms with Gasteiger partial charge in [0.1, 0.15) is 11.7 Å². The van der Waals surface area contributed by atoms with Crippen LogP contribution >= 0.6 is 0 Å². The number of nitrogens with one attached hydrogen (secondary N) is 2. The summed E-state index contributed by atoms with van der Waals surface area (Å²) in [6.45, 7) is 2.22. The third-order valence-corrected chi connectivity index (χ3v) is 7.43. The zero-order valence-electron chi connectivity index (χ0n) is 20.5. The Morgan fingerprint density at radius 1 is 1.00 bits per heavy atom. The van der Waals surface area contributed by atoms with Crippen LogP contribution in [0.5, 0.6) is 0 Å². The number of aromatic nitrogens is 2. The number of nitro benzene ring substituents is 1. The number of carboxylic acid groups (broad SMARTS) is 1. The molecular weight excluding hydrogens is 530 g/mol. The van der Waals surface area contributed by atoms with Crippen molar-refractivity contribution in [3.05, 3.63) is 82.7 Å². The van der Waals surface area contributed by atoms with Gasteiger partial charge in [-0.3, -0.25) is 19.7 Å². The second kappa shape index (κ2) is 11.8. The number of piperazine rings is 1. The van der Waals surface area contributed by atoms with Crippen LogP contribution in [0.2, 0.25) is 0 Å². The molecule has 0 radical (unpaired) electrons. The highest BCUT2D eigenvalue weighted by atomic mass is 32.2. The fourth-order valence-electron chi connectivity index (χ4n) is 4.07. The van der Waals surface area contributed by atoms with Crippen LogP contribution in [0, 0.1) is 10.1 Å². The molecule has 1 aliphatic heterocycles. The average molecular weight is 556 g/mol. The lowest BCUT2D eigenvalue weighted by molar-refractivity contribution is -0.385. The third kappa shape index (κ3) is 6.82. The molecule has 0 spiro atoms. The number of benzene rings is 2. The van der Waals surface area contributed by atoms with E-state index in [1.165, 1.54) is 36.4 Å². The molecule has 1 saturated heterocycles. The second-order valence-electron chi connectivity index (χ2n) is 8.54. The van der Waals surface area contributed by atoms with Crippen LogP contribution in [0.25, 0.3) is 0 Å². The molecule has 0 aliphatic carbocycles. The monoisotopic (exact) mass is 555 g/mol. The number of hydrogen-bond acceptors (Lipinski definition) is 10. The molecule has 2 aromatic carbocycles. The minimum Gasteiger partial charge on any atom is -0.481 e. The van der Waals surface area contributed by atoms with E-state index in [0.29, 0.717) is 37.8 Å². The standard InChI is InChI=1S/C24H25N7O7S/c32-22(33)16-21(28-39(37,38)18-5-2-1-3-6-18)27-23(34)19-8-7-17(15-20(19)31(35)36)29-11-13-30(14-12-29)24-25-9-4-10-26-24/h1-10,15,21,28H,11-14,16H2,(H,27,34)(H,32,33). The lowest BCUT2D eigenvalue weighted by atomic mass is 10.1. The maximum absolute atomic E-state index is 13.0. The fourth-order valence-corrected chi connectivity index (χ4v) is 5.24. The van der Waals surface area contributed by atoms with Crippen LogP contribution in [0.3, 0.4) is 0 Å². The van der Waals surface area contributed by atoms with Crippen molar-refractivity contribution in [3.8, 4) is 0 Å². The molecule has 0 bridgehead atoms. The maximum atomic E-state index is 13.0. The Morgan fingerprint density at radius 3 is 2.26 bits per heavy atom. The van der Waals surface area contributed by atoms with Crippen molar-refractivity contribution in [2.45, 2.75) is 17.5 Å². The molecule has 1 aliphatic rings. The quantitative estimate of drug-likeness (QED) is 0.185. The molecule has 3 aromatic rings. The van der Waals surface area contributed by atoms with E-state index in [9.17, 15) is 33.2 Å². The molecule has 1 amide bonds. The number of carbonyl (C=O) groups excluding carboxylic acids is 1. The SMILES string of the molecule is O=C(O)CC(NC(=O)c1ccc(N2CCN(c3ncccn3)CC2)cc1[N+](=O)[O-])NS(=O)(=O)c1ccccc1. The second-order valence-corrected chi connectivity index (χ2v) is 10.3. The lowest BCUT2D eigenvalue weighted by Gasteiger charge is -2.36. The molecular formula is C24H25N7O7S. The Balaban J connectivity index is 1.50. The van der Waals surface area contributed by atoms with Gasteiger partial charge < -0.3 is 20.2 Å². The number of aliphatic carboxylic acids is 1. The topological polar surface area (TPSA) is 188 Å². The van der Waals surface area contributed by atoms with Crippen LogP contribution in [0.4, 0.5) is 17.3 Å². The molecule has 0 saturated carbocycles. The Bertz CT molecular complexity index is 1450. The molecule has 4 rings (SSSR count). The number of anilines is 2. The summed E-state index contributed by atoms with van der Waals surface area (Å²) in [5.41, 5.74) is -0.313. The van der Waals surface area contributed by atoms with E-state index in [0.717, 1.165) is 0 Å². The molecule has 204 valence electrons. The smallest absolute Gasteiger partial charge is 0.306 e. The number of rotatable bonds is 10. The van der Waals surface area contributed by atoms with E-state index < -0.39 is 45.1 Å². The minimum atomic E-state index is -4.19. The van der Waals surface area contributed by atoms with E-state index in [4.69, 9.17) is 0 Å². The van der Waals surface area contributed by atoms with Crippen molar-refractivity contribution >= 4 is 39.2 Å². The van der Waals surface area contributed by atoms with E-state index in [-0.39, 0.29) is 10.5 Å². The fraction of sp³-hybridized carbons (Fsp3) is 0.250. The van der Waals surface area contributed by atoms with E-state index in [2.05, 4.69) is 20.0 Å². The summed E-state index contributed by atoms with van der Waals surface area (Å²) in [6, 6.07) is 13.0. The van der Waals surface area contributed by atoms with Crippen molar-refractivity contribution < 1.29 is 28.0 Å². The third-order valence-electron chi connectivity index (χ3n) is 5.94.